The molecule has 1 aromatic rings. The maximum atomic E-state index is 12.1. The highest BCUT2D eigenvalue weighted by molar-refractivity contribution is 7.89. The van der Waals surface area contributed by atoms with Gasteiger partial charge in [0.15, 0.2) is 0 Å². The van der Waals surface area contributed by atoms with E-state index in [0.29, 0.717) is 23.7 Å². The van der Waals surface area contributed by atoms with E-state index < -0.39 is 16.0 Å². The molecule has 116 valence electrons. The zero-order chi connectivity index (χ0) is 15.6. The van der Waals surface area contributed by atoms with Gasteiger partial charge in [-0.15, -0.1) is 0 Å². The van der Waals surface area contributed by atoms with Gasteiger partial charge in [0.25, 0.3) is 0 Å². The fourth-order valence-corrected chi connectivity index (χ4v) is 3.33. The molecule has 2 rings (SSSR count). The van der Waals surface area contributed by atoms with Crippen molar-refractivity contribution in [1.29, 1.82) is 0 Å². The van der Waals surface area contributed by atoms with E-state index in [1.165, 1.54) is 25.3 Å². The Hall–Kier alpha value is -1.40. The molecule has 0 aromatic heterocycles. The number of ether oxygens (including phenoxy) is 1. The summed E-state index contributed by atoms with van der Waals surface area (Å²) in [7, 11) is -3.84. The van der Waals surface area contributed by atoms with Gasteiger partial charge in [0.05, 0.1) is 17.1 Å². The van der Waals surface area contributed by atoms with E-state index >= 15 is 0 Å². The van der Waals surface area contributed by atoms with Crippen LogP contribution >= 0.6 is 0 Å². The molecule has 6 heteroatoms. The van der Waals surface area contributed by atoms with Gasteiger partial charge in [-0.25, -0.2) is 18.4 Å². The summed E-state index contributed by atoms with van der Waals surface area (Å²) >= 11 is 0. The predicted molar refractivity (Wildman–Crippen MR) is 79.5 cm³/mol. The Labute approximate surface area is 125 Å². The highest BCUT2D eigenvalue weighted by Gasteiger charge is 2.20. The number of aryl methyl sites for hydroxylation is 2. The van der Waals surface area contributed by atoms with Crippen molar-refractivity contribution in [2.24, 2.45) is 11.1 Å². The van der Waals surface area contributed by atoms with Gasteiger partial charge in [-0.2, -0.15) is 0 Å². The monoisotopic (exact) mass is 311 g/mol. The molecule has 1 saturated carbocycles. The van der Waals surface area contributed by atoms with Crippen molar-refractivity contribution in [3.8, 4) is 0 Å². The SMILES string of the molecule is Cc1cc(C)c(S(N)(=O)=O)cc1C(=O)OCCC1CCC1. The number of carbonyl (C=O) groups is 1. The Morgan fingerprint density at radius 3 is 2.48 bits per heavy atom. The maximum absolute atomic E-state index is 12.1. The zero-order valence-electron chi connectivity index (χ0n) is 12.4. The van der Waals surface area contributed by atoms with Gasteiger partial charge in [0.2, 0.25) is 10.0 Å². The number of carbonyl (C=O) groups excluding carboxylic acids is 1. The van der Waals surface area contributed by atoms with Crippen molar-refractivity contribution in [3.63, 3.8) is 0 Å². The molecule has 1 aliphatic rings. The van der Waals surface area contributed by atoms with Crippen LogP contribution in [0.5, 0.6) is 0 Å². The predicted octanol–water partition coefficient (Wildman–Crippen LogP) is 2.30. The Morgan fingerprint density at radius 2 is 1.95 bits per heavy atom. The lowest BCUT2D eigenvalue weighted by Gasteiger charge is -2.24. The molecule has 1 fully saturated rings. The summed E-state index contributed by atoms with van der Waals surface area (Å²) in [4.78, 5) is 12.1. The average Bonchev–Trinajstić information content (AvgIpc) is 2.30. The van der Waals surface area contributed by atoms with Gasteiger partial charge in [0, 0.05) is 0 Å². The van der Waals surface area contributed by atoms with Gasteiger partial charge in [-0.3, -0.25) is 0 Å². The summed E-state index contributed by atoms with van der Waals surface area (Å²) in [6, 6.07) is 2.95. The Bertz CT molecular complexity index is 648. The first-order valence-electron chi connectivity index (χ1n) is 7.10. The van der Waals surface area contributed by atoms with Gasteiger partial charge >= 0.3 is 5.97 Å². The third kappa shape index (κ3) is 3.83. The van der Waals surface area contributed by atoms with Crippen molar-refractivity contribution in [3.05, 3.63) is 28.8 Å². The summed E-state index contributed by atoms with van der Waals surface area (Å²) in [5.41, 5.74) is 1.48. The molecule has 0 unspecified atom stereocenters. The van der Waals surface area contributed by atoms with Crippen molar-refractivity contribution in [2.45, 2.75) is 44.4 Å². The lowest BCUT2D eigenvalue weighted by Crippen LogP contribution is -2.18. The van der Waals surface area contributed by atoms with Gasteiger partial charge < -0.3 is 4.74 Å². The van der Waals surface area contributed by atoms with Crippen molar-refractivity contribution in [2.75, 3.05) is 6.61 Å². The second kappa shape index (κ2) is 6.15. The molecule has 2 N–H and O–H groups in total. The summed E-state index contributed by atoms with van der Waals surface area (Å²) < 4.78 is 28.3. The lowest BCUT2D eigenvalue weighted by molar-refractivity contribution is 0.0463. The van der Waals surface area contributed by atoms with Gasteiger partial charge in [0.1, 0.15) is 0 Å². The van der Waals surface area contributed by atoms with Gasteiger partial charge in [-0.1, -0.05) is 25.3 Å². The quantitative estimate of drug-likeness (QED) is 0.845. The van der Waals surface area contributed by atoms with Crippen LogP contribution in [0.2, 0.25) is 0 Å². The van der Waals surface area contributed by atoms with E-state index in [1.807, 2.05) is 0 Å². The number of esters is 1. The fourth-order valence-electron chi connectivity index (χ4n) is 2.54. The first-order chi connectivity index (χ1) is 9.79. The van der Waals surface area contributed by atoms with E-state index in [0.717, 1.165) is 6.42 Å². The maximum Gasteiger partial charge on any atom is 0.338 e. The van der Waals surface area contributed by atoms with E-state index in [4.69, 9.17) is 9.88 Å². The molecule has 0 aliphatic heterocycles. The summed E-state index contributed by atoms with van der Waals surface area (Å²) in [5.74, 6) is 0.175. The highest BCUT2D eigenvalue weighted by Crippen LogP contribution is 2.29. The smallest absolute Gasteiger partial charge is 0.338 e. The summed E-state index contributed by atoms with van der Waals surface area (Å²) in [6.45, 7) is 3.78. The van der Waals surface area contributed by atoms with Crippen LogP contribution in [0.4, 0.5) is 0 Å². The third-order valence-electron chi connectivity index (χ3n) is 4.03. The number of primary sulfonamides is 1. The van der Waals surface area contributed by atoms with Crippen LogP contribution in [-0.2, 0) is 14.8 Å². The normalized spacial score (nSPS) is 15.6. The van der Waals surface area contributed by atoms with Crippen LogP contribution in [0.1, 0.15) is 47.2 Å². The molecule has 5 nitrogen and oxygen atoms in total. The Kier molecular flexibility index (Phi) is 4.68. The van der Waals surface area contributed by atoms with E-state index in [1.54, 1.807) is 19.9 Å². The van der Waals surface area contributed by atoms with Crippen molar-refractivity contribution < 1.29 is 17.9 Å². The molecule has 1 aliphatic carbocycles. The molecular weight excluding hydrogens is 290 g/mol. The highest BCUT2D eigenvalue weighted by atomic mass is 32.2. The third-order valence-corrected chi connectivity index (χ3v) is 5.09. The van der Waals surface area contributed by atoms with Crippen LogP contribution in [0.25, 0.3) is 0 Å². The van der Waals surface area contributed by atoms with Crippen molar-refractivity contribution in [1.82, 2.24) is 0 Å². The van der Waals surface area contributed by atoms with E-state index in [-0.39, 0.29) is 10.5 Å². The number of rotatable bonds is 5. The second-order valence-corrected chi connectivity index (χ2v) is 7.23. The fraction of sp³-hybridized carbons (Fsp3) is 0.533. The number of sulfonamides is 1. The largest absolute Gasteiger partial charge is 0.462 e. The number of benzene rings is 1. The molecule has 0 radical (unpaired) electrons. The van der Waals surface area contributed by atoms with Crippen LogP contribution in [0.3, 0.4) is 0 Å². The Morgan fingerprint density at radius 1 is 1.29 bits per heavy atom. The number of nitrogens with two attached hydrogens (primary N) is 1. The minimum absolute atomic E-state index is 0.0287. The standard InChI is InChI=1S/C15H21NO4S/c1-10-8-11(2)14(21(16,18)19)9-13(10)15(17)20-7-6-12-4-3-5-12/h8-9,12H,3-7H2,1-2H3,(H2,16,18,19). The lowest BCUT2D eigenvalue weighted by atomic mass is 9.83. The second-order valence-electron chi connectivity index (χ2n) is 5.70. The first-order valence-corrected chi connectivity index (χ1v) is 8.65. The van der Waals surface area contributed by atoms with Gasteiger partial charge in [-0.05, 0) is 43.4 Å². The van der Waals surface area contributed by atoms with Crippen LogP contribution in [0, 0.1) is 19.8 Å². The number of hydrogen-bond donors (Lipinski definition) is 1. The number of hydrogen-bond acceptors (Lipinski definition) is 4. The molecule has 0 heterocycles. The summed E-state index contributed by atoms with van der Waals surface area (Å²) in [6.07, 6.45) is 4.54. The van der Waals surface area contributed by atoms with Crippen molar-refractivity contribution >= 4 is 16.0 Å². The minimum Gasteiger partial charge on any atom is -0.462 e. The molecule has 0 atom stereocenters. The van der Waals surface area contributed by atoms with Crippen LogP contribution in [-0.4, -0.2) is 21.0 Å². The summed E-state index contributed by atoms with van der Waals surface area (Å²) in [5, 5.41) is 5.16. The average molecular weight is 311 g/mol. The zero-order valence-corrected chi connectivity index (χ0v) is 13.2. The molecule has 21 heavy (non-hydrogen) atoms. The first kappa shape index (κ1) is 16.0. The molecule has 0 amide bonds. The molecular formula is C15H21NO4S. The van der Waals surface area contributed by atoms with Crippen LogP contribution < -0.4 is 5.14 Å². The van der Waals surface area contributed by atoms with E-state index in [9.17, 15) is 13.2 Å². The minimum atomic E-state index is -3.84. The molecule has 0 bridgehead atoms. The molecule has 0 saturated heterocycles. The molecule has 1 aromatic carbocycles. The van der Waals surface area contributed by atoms with Crippen LogP contribution in [0.15, 0.2) is 17.0 Å². The molecule has 0 spiro atoms. The Balaban J connectivity index is 2.12. The van der Waals surface area contributed by atoms with E-state index in [2.05, 4.69) is 0 Å². The topological polar surface area (TPSA) is 86.5 Å².